The second kappa shape index (κ2) is 6.75. The van der Waals surface area contributed by atoms with Crippen LogP contribution in [0.2, 0.25) is 0 Å². The molecule has 19 heavy (non-hydrogen) atoms. The summed E-state index contributed by atoms with van der Waals surface area (Å²) in [6.07, 6.45) is 3.11. The predicted molar refractivity (Wildman–Crippen MR) is 76.9 cm³/mol. The molecule has 1 atom stereocenters. The molecule has 0 bridgehead atoms. The standard InChI is InChI=1S/C14H15BrFN3/c15-11-4-5-13(18-9-11)8-14(19-17)7-10-2-1-3-12(16)6-10/h1-6,9,14,19H,7-8,17H2. The lowest BCUT2D eigenvalue weighted by Gasteiger charge is -2.15. The molecule has 0 fully saturated rings. The Balaban J connectivity index is 2.02. The van der Waals surface area contributed by atoms with E-state index >= 15 is 0 Å². The summed E-state index contributed by atoms with van der Waals surface area (Å²) in [5.74, 6) is 5.33. The highest BCUT2D eigenvalue weighted by Crippen LogP contribution is 2.11. The minimum absolute atomic E-state index is 0.0236. The van der Waals surface area contributed by atoms with Gasteiger partial charge in [0.2, 0.25) is 0 Å². The number of halogens is 2. The van der Waals surface area contributed by atoms with E-state index in [2.05, 4.69) is 26.3 Å². The van der Waals surface area contributed by atoms with Crippen molar-refractivity contribution in [2.45, 2.75) is 18.9 Å². The second-order valence-electron chi connectivity index (χ2n) is 4.37. The Hall–Kier alpha value is -1.30. The van der Waals surface area contributed by atoms with Crippen LogP contribution in [0.4, 0.5) is 4.39 Å². The molecule has 0 spiro atoms. The molecule has 0 aliphatic heterocycles. The molecule has 100 valence electrons. The van der Waals surface area contributed by atoms with Gasteiger partial charge in [-0.15, -0.1) is 0 Å². The zero-order chi connectivity index (χ0) is 13.7. The SMILES string of the molecule is NNC(Cc1cccc(F)c1)Cc1ccc(Br)cn1. The van der Waals surface area contributed by atoms with Crippen LogP contribution in [0.15, 0.2) is 47.1 Å². The van der Waals surface area contributed by atoms with Gasteiger partial charge < -0.3 is 0 Å². The van der Waals surface area contributed by atoms with Crippen LogP contribution in [0.1, 0.15) is 11.3 Å². The monoisotopic (exact) mass is 323 g/mol. The van der Waals surface area contributed by atoms with E-state index in [-0.39, 0.29) is 11.9 Å². The van der Waals surface area contributed by atoms with E-state index in [4.69, 9.17) is 5.84 Å². The van der Waals surface area contributed by atoms with Gasteiger partial charge in [-0.1, -0.05) is 12.1 Å². The van der Waals surface area contributed by atoms with E-state index in [0.717, 1.165) is 15.7 Å². The number of rotatable bonds is 5. The van der Waals surface area contributed by atoms with Gasteiger partial charge in [-0.3, -0.25) is 16.3 Å². The van der Waals surface area contributed by atoms with Crippen LogP contribution in [-0.4, -0.2) is 11.0 Å². The smallest absolute Gasteiger partial charge is 0.123 e. The van der Waals surface area contributed by atoms with Crippen LogP contribution >= 0.6 is 15.9 Å². The number of nitrogens with zero attached hydrogens (tertiary/aromatic N) is 1. The Bertz CT molecular complexity index is 530. The quantitative estimate of drug-likeness (QED) is 0.657. The number of pyridine rings is 1. The van der Waals surface area contributed by atoms with E-state index in [9.17, 15) is 4.39 Å². The predicted octanol–water partition coefficient (Wildman–Crippen LogP) is 2.60. The fourth-order valence-electron chi connectivity index (χ4n) is 1.92. The molecule has 3 nitrogen and oxygen atoms in total. The van der Waals surface area contributed by atoms with Crippen molar-refractivity contribution in [3.8, 4) is 0 Å². The Kier molecular flexibility index (Phi) is 5.01. The van der Waals surface area contributed by atoms with Gasteiger partial charge in [0.1, 0.15) is 5.82 Å². The van der Waals surface area contributed by atoms with Crippen molar-refractivity contribution in [3.63, 3.8) is 0 Å². The largest absolute Gasteiger partial charge is 0.271 e. The summed E-state index contributed by atoms with van der Waals surface area (Å²) >= 11 is 3.35. The van der Waals surface area contributed by atoms with Gasteiger partial charge in [0.05, 0.1) is 0 Å². The van der Waals surface area contributed by atoms with Crippen molar-refractivity contribution < 1.29 is 4.39 Å². The van der Waals surface area contributed by atoms with Crippen molar-refractivity contribution in [1.82, 2.24) is 10.4 Å². The molecule has 0 radical (unpaired) electrons. The van der Waals surface area contributed by atoms with E-state index in [0.29, 0.717) is 12.8 Å². The number of hydrogen-bond acceptors (Lipinski definition) is 3. The molecular weight excluding hydrogens is 309 g/mol. The summed E-state index contributed by atoms with van der Waals surface area (Å²) in [7, 11) is 0. The summed E-state index contributed by atoms with van der Waals surface area (Å²) in [4.78, 5) is 4.31. The maximum atomic E-state index is 13.1. The van der Waals surface area contributed by atoms with Gasteiger partial charge in [0.25, 0.3) is 0 Å². The normalized spacial score (nSPS) is 12.4. The van der Waals surface area contributed by atoms with Gasteiger partial charge in [-0.05, 0) is 52.2 Å². The van der Waals surface area contributed by atoms with Crippen LogP contribution in [0, 0.1) is 5.82 Å². The summed E-state index contributed by atoms with van der Waals surface area (Å²) < 4.78 is 14.1. The number of hydrogen-bond donors (Lipinski definition) is 2. The molecule has 0 aliphatic rings. The molecule has 1 aromatic heterocycles. The Morgan fingerprint density at radius 1 is 1.26 bits per heavy atom. The van der Waals surface area contributed by atoms with Crippen LogP contribution in [0.5, 0.6) is 0 Å². The summed E-state index contributed by atoms with van der Waals surface area (Å²) in [5, 5.41) is 0. The minimum Gasteiger partial charge on any atom is -0.271 e. The summed E-state index contributed by atoms with van der Waals surface area (Å²) in [6, 6.07) is 10.5. The molecule has 3 N–H and O–H groups in total. The molecule has 0 aliphatic carbocycles. The third-order valence-corrected chi connectivity index (χ3v) is 3.32. The fraction of sp³-hybridized carbons (Fsp3) is 0.214. The topological polar surface area (TPSA) is 50.9 Å². The molecular formula is C14H15BrFN3. The van der Waals surface area contributed by atoms with Gasteiger partial charge in [-0.2, -0.15) is 0 Å². The van der Waals surface area contributed by atoms with E-state index in [1.54, 1.807) is 12.3 Å². The maximum Gasteiger partial charge on any atom is 0.123 e. The average Bonchev–Trinajstić information content (AvgIpc) is 2.40. The first-order chi connectivity index (χ1) is 9.17. The molecule has 0 amide bonds. The Labute approximate surface area is 120 Å². The number of nitrogens with two attached hydrogens (primary N) is 1. The lowest BCUT2D eigenvalue weighted by molar-refractivity contribution is 0.515. The van der Waals surface area contributed by atoms with E-state index in [1.807, 2.05) is 18.2 Å². The summed E-state index contributed by atoms with van der Waals surface area (Å²) in [6.45, 7) is 0. The minimum atomic E-state index is -0.227. The van der Waals surface area contributed by atoms with E-state index in [1.165, 1.54) is 12.1 Å². The zero-order valence-electron chi connectivity index (χ0n) is 10.3. The number of benzene rings is 1. The van der Waals surface area contributed by atoms with E-state index < -0.39 is 0 Å². The molecule has 2 aromatic rings. The van der Waals surface area contributed by atoms with Crippen molar-refractivity contribution in [2.24, 2.45) is 5.84 Å². The van der Waals surface area contributed by atoms with Gasteiger partial charge >= 0.3 is 0 Å². The van der Waals surface area contributed by atoms with Gasteiger partial charge in [0, 0.05) is 28.8 Å². The Morgan fingerprint density at radius 3 is 2.74 bits per heavy atom. The highest BCUT2D eigenvalue weighted by Gasteiger charge is 2.10. The molecule has 0 saturated carbocycles. The van der Waals surface area contributed by atoms with Crippen molar-refractivity contribution in [3.05, 3.63) is 64.1 Å². The van der Waals surface area contributed by atoms with Crippen LogP contribution in [0.3, 0.4) is 0 Å². The third kappa shape index (κ3) is 4.38. The number of aromatic nitrogens is 1. The van der Waals surface area contributed by atoms with Gasteiger partial charge in [0.15, 0.2) is 0 Å². The molecule has 1 unspecified atom stereocenters. The van der Waals surface area contributed by atoms with Crippen molar-refractivity contribution >= 4 is 15.9 Å². The van der Waals surface area contributed by atoms with Crippen molar-refractivity contribution in [1.29, 1.82) is 0 Å². The molecule has 0 saturated heterocycles. The zero-order valence-corrected chi connectivity index (χ0v) is 11.9. The fourth-order valence-corrected chi connectivity index (χ4v) is 2.15. The highest BCUT2D eigenvalue weighted by molar-refractivity contribution is 9.10. The molecule has 1 aromatic carbocycles. The molecule has 2 rings (SSSR count). The first-order valence-corrected chi connectivity index (χ1v) is 6.77. The maximum absolute atomic E-state index is 13.1. The lowest BCUT2D eigenvalue weighted by Crippen LogP contribution is -2.38. The number of nitrogens with one attached hydrogen (secondary N) is 1. The van der Waals surface area contributed by atoms with Crippen LogP contribution < -0.4 is 11.3 Å². The summed E-state index contributed by atoms with van der Waals surface area (Å²) in [5.41, 5.74) is 4.62. The highest BCUT2D eigenvalue weighted by atomic mass is 79.9. The van der Waals surface area contributed by atoms with Gasteiger partial charge in [-0.25, -0.2) is 4.39 Å². The lowest BCUT2D eigenvalue weighted by atomic mass is 10.0. The second-order valence-corrected chi connectivity index (χ2v) is 5.29. The van der Waals surface area contributed by atoms with Crippen LogP contribution in [0.25, 0.3) is 0 Å². The first-order valence-electron chi connectivity index (χ1n) is 5.98. The van der Waals surface area contributed by atoms with Crippen molar-refractivity contribution in [2.75, 3.05) is 0 Å². The first kappa shape index (κ1) is 14.1. The molecule has 1 heterocycles. The van der Waals surface area contributed by atoms with Crippen LogP contribution in [-0.2, 0) is 12.8 Å². The third-order valence-electron chi connectivity index (χ3n) is 2.85. The number of hydrazine groups is 1. The Morgan fingerprint density at radius 2 is 2.11 bits per heavy atom. The molecule has 5 heteroatoms. The average molecular weight is 324 g/mol.